The molecule has 5 heteroatoms. The Balaban J connectivity index is 2.72. The van der Waals surface area contributed by atoms with Crippen molar-refractivity contribution in [2.75, 3.05) is 0 Å². The molecule has 5 nitrogen and oxygen atoms in total. The van der Waals surface area contributed by atoms with Gasteiger partial charge in [0.15, 0.2) is 0 Å². The number of hydrogen-bond acceptors (Lipinski definition) is 3. The highest BCUT2D eigenvalue weighted by atomic mass is 16.4. The second kappa shape index (κ2) is 3.05. The van der Waals surface area contributed by atoms with Crippen LogP contribution in [0.4, 0.5) is 0 Å². The Morgan fingerprint density at radius 2 is 2.64 bits per heavy atom. The molecule has 0 aliphatic heterocycles. The molecule has 1 rings (SSSR count). The normalized spacial score (nSPS) is 11.9. The lowest BCUT2D eigenvalue weighted by Crippen LogP contribution is -2.16. The van der Waals surface area contributed by atoms with Crippen LogP contribution in [-0.2, 0) is 13.5 Å². The minimum Gasteiger partial charge on any atom is -0.409 e. The fourth-order valence-corrected chi connectivity index (χ4v) is 0.776. The first-order valence-corrected chi connectivity index (χ1v) is 3.15. The van der Waals surface area contributed by atoms with Crippen molar-refractivity contribution in [1.82, 2.24) is 9.55 Å². The second-order valence-electron chi connectivity index (χ2n) is 2.26. The molecule has 0 spiro atoms. The number of hydrogen-bond donors (Lipinski definition) is 2. The molecule has 0 aliphatic carbocycles. The summed E-state index contributed by atoms with van der Waals surface area (Å²) in [4.78, 5) is 3.88. The molecule has 0 radical (unpaired) electrons. The van der Waals surface area contributed by atoms with Gasteiger partial charge >= 0.3 is 0 Å². The van der Waals surface area contributed by atoms with Crippen LogP contribution in [0.2, 0.25) is 0 Å². The first kappa shape index (κ1) is 7.59. The van der Waals surface area contributed by atoms with E-state index >= 15 is 0 Å². The third-order valence-corrected chi connectivity index (χ3v) is 1.41. The van der Waals surface area contributed by atoms with E-state index in [0.29, 0.717) is 6.42 Å². The average Bonchev–Trinajstić information content (AvgIpc) is 2.37. The van der Waals surface area contributed by atoms with Crippen LogP contribution in [0.25, 0.3) is 0 Å². The van der Waals surface area contributed by atoms with Crippen LogP contribution in [0.3, 0.4) is 0 Å². The van der Waals surface area contributed by atoms with E-state index in [9.17, 15) is 0 Å². The van der Waals surface area contributed by atoms with E-state index in [1.54, 1.807) is 12.5 Å². The zero-order valence-corrected chi connectivity index (χ0v) is 6.23. The van der Waals surface area contributed by atoms with Gasteiger partial charge in [-0.05, 0) is 0 Å². The van der Waals surface area contributed by atoms with Gasteiger partial charge in [0, 0.05) is 18.9 Å². The van der Waals surface area contributed by atoms with Gasteiger partial charge in [0.2, 0.25) is 0 Å². The van der Waals surface area contributed by atoms with Crippen LogP contribution in [0.1, 0.15) is 5.69 Å². The summed E-state index contributed by atoms with van der Waals surface area (Å²) in [7, 11) is 1.85. The van der Waals surface area contributed by atoms with Crippen molar-refractivity contribution in [3.05, 3.63) is 18.2 Å². The monoisotopic (exact) mass is 154 g/mol. The Bertz CT molecular complexity index is 265. The summed E-state index contributed by atoms with van der Waals surface area (Å²) in [6.07, 6.45) is 3.77. The molecule has 0 atom stereocenters. The van der Waals surface area contributed by atoms with Gasteiger partial charge in [0.05, 0.1) is 12.7 Å². The van der Waals surface area contributed by atoms with Gasteiger partial charge in [-0.2, -0.15) is 0 Å². The van der Waals surface area contributed by atoms with E-state index in [2.05, 4.69) is 10.1 Å². The first-order chi connectivity index (χ1) is 5.24. The number of imidazole rings is 1. The number of rotatable bonds is 2. The molecule has 60 valence electrons. The highest BCUT2D eigenvalue weighted by Gasteiger charge is 2.00. The lowest BCUT2D eigenvalue weighted by molar-refractivity contribution is 0.317. The van der Waals surface area contributed by atoms with Crippen LogP contribution in [-0.4, -0.2) is 20.6 Å². The summed E-state index contributed by atoms with van der Waals surface area (Å²) >= 11 is 0. The van der Waals surface area contributed by atoms with Gasteiger partial charge in [-0.3, -0.25) is 0 Å². The van der Waals surface area contributed by atoms with Crippen LogP contribution in [0.15, 0.2) is 17.7 Å². The Morgan fingerprint density at radius 3 is 3.09 bits per heavy atom. The standard InChI is InChI=1S/C6H10N4O/c1-10-4-8-3-5(10)2-6(7)9-11/h3-4,11H,2H2,1H3,(H2,7,9). The van der Waals surface area contributed by atoms with Gasteiger partial charge in [-0.1, -0.05) is 5.16 Å². The fraction of sp³-hybridized carbons (Fsp3) is 0.333. The lowest BCUT2D eigenvalue weighted by Gasteiger charge is -1.98. The van der Waals surface area contributed by atoms with Gasteiger partial charge in [-0.25, -0.2) is 4.98 Å². The quantitative estimate of drug-likeness (QED) is 0.266. The van der Waals surface area contributed by atoms with Gasteiger partial charge in [-0.15, -0.1) is 0 Å². The first-order valence-electron chi connectivity index (χ1n) is 3.15. The maximum Gasteiger partial charge on any atom is 0.145 e. The number of aryl methyl sites for hydroxylation is 1. The van der Waals surface area contributed by atoms with Crippen molar-refractivity contribution in [2.45, 2.75) is 6.42 Å². The third-order valence-electron chi connectivity index (χ3n) is 1.41. The summed E-state index contributed by atoms with van der Waals surface area (Å²) in [5.41, 5.74) is 6.21. The Kier molecular flexibility index (Phi) is 2.10. The molecule has 1 heterocycles. The largest absolute Gasteiger partial charge is 0.409 e. The van der Waals surface area contributed by atoms with E-state index in [4.69, 9.17) is 10.9 Å². The predicted octanol–water partition coefficient (Wildman–Crippen LogP) is -0.291. The van der Waals surface area contributed by atoms with Crippen LogP contribution < -0.4 is 5.73 Å². The molecule has 0 unspecified atom stereocenters. The van der Waals surface area contributed by atoms with Crippen molar-refractivity contribution >= 4 is 5.84 Å². The van der Waals surface area contributed by atoms with Gasteiger partial charge in [0.1, 0.15) is 5.84 Å². The molecule has 0 aliphatic rings. The van der Waals surface area contributed by atoms with E-state index < -0.39 is 0 Å². The maximum atomic E-state index is 8.26. The smallest absolute Gasteiger partial charge is 0.145 e. The number of oxime groups is 1. The fourth-order valence-electron chi connectivity index (χ4n) is 0.776. The topological polar surface area (TPSA) is 76.4 Å². The molecule has 0 amide bonds. The van der Waals surface area contributed by atoms with Crippen molar-refractivity contribution in [3.8, 4) is 0 Å². The Hall–Kier alpha value is -1.52. The molecule has 1 aromatic rings. The van der Waals surface area contributed by atoms with Crippen molar-refractivity contribution < 1.29 is 5.21 Å². The number of nitrogens with zero attached hydrogens (tertiary/aromatic N) is 3. The number of amidine groups is 1. The molecular formula is C6H10N4O. The predicted molar refractivity (Wildman–Crippen MR) is 40.3 cm³/mol. The molecule has 0 fully saturated rings. The molecule has 3 N–H and O–H groups in total. The van der Waals surface area contributed by atoms with Crippen LogP contribution >= 0.6 is 0 Å². The Labute approximate surface area is 64.1 Å². The number of nitrogens with two attached hydrogens (primary N) is 1. The third kappa shape index (κ3) is 1.70. The molecule has 1 aromatic heterocycles. The minimum atomic E-state index is 0.189. The van der Waals surface area contributed by atoms with Crippen LogP contribution in [0.5, 0.6) is 0 Å². The summed E-state index contributed by atoms with van der Waals surface area (Å²) in [5, 5.41) is 11.1. The van der Waals surface area contributed by atoms with Crippen molar-refractivity contribution in [3.63, 3.8) is 0 Å². The molecule has 0 aromatic carbocycles. The zero-order chi connectivity index (χ0) is 8.27. The summed E-state index contributed by atoms with van der Waals surface area (Å²) in [6.45, 7) is 0. The minimum absolute atomic E-state index is 0.189. The van der Waals surface area contributed by atoms with Crippen molar-refractivity contribution in [1.29, 1.82) is 0 Å². The number of aromatic nitrogens is 2. The molecule has 0 saturated heterocycles. The molecule has 0 saturated carbocycles. The summed E-state index contributed by atoms with van der Waals surface area (Å²) in [5.74, 6) is 0.189. The second-order valence-corrected chi connectivity index (χ2v) is 2.26. The highest BCUT2D eigenvalue weighted by molar-refractivity contribution is 5.81. The SMILES string of the molecule is Cn1cncc1C/C(N)=N/O. The van der Waals surface area contributed by atoms with Crippen LogP contribution in [0, 0.1) is 0 Å². The molecular weight excluding hydrogens is 144 g/mol. The summed E-state index contributed by atoms with van der Waals surface area (Å²) < 4.78 is 1.82. The van der Waals surface area contributed by atoms with Gasteiger partial charge < -0.3 is 15.5 Å². The average molecular weight is 154 g/mol. The van der Waals surface area contributed by atoms with Crippen molar-refractivity contribution in [2.24, 2.45) is 17.9 Å². The summed E-state index contributed by atoms with van der Waals surface area (Å²) in [6, 6.07) is 0. The maximum absolute atomic E-state index is 8.26. The molecule has 0 bridgehead atoms. The van der Waals surface area contributed by atoms with E-state index in [-0.39, 0.29) is 5.84 Å². The molecule has 11 heavy (non-hydrogen) atoms. The zero-order valence-electron chi connectivity index (χ0n) is 6.23. The Morgan fingerprint density at radius 1 is 1.91 bits per heavy atom. The van der Waals surface area contributed by atoms with E-state index in [1.165, 1.54) is 0 Å². The van der Waals surface area contributed by atoms with E-state index in [0.717, 1.165) is 5.69 Å². The van der Waals surface area contributed by atoms with E-state index in [1.807, 2.05) is 11.6 Å². The lowest BCUT2D eigenvalue weighted by atomic mass is 10.3. The van der Waals surface area contributed by atoms with Gasteiger partial charge in [0.25, 0.3) is 0 Å². The highest BCUT2D eigenvalue weighted by Crippen LogP contribution is 1.96.